The predicted octanol–water partition coefficient (Wildman–Crippen LogP) is 2.43. The van der Waals surface area contributed by atoms with Gasteiger partial charge in [0, 0.05) is 0 Å². The number of aromatic nitrogens is 1. The number of imide groups is 1. The Bertz CT molecular complexity index is 727. The first-order chi connectivity index (χ1) is 9.70. The molecule has 20 heavy (non-hydrogen) atoms. The maximum absolute atomic E-state index is 12.2. The van der Waals surface area contributed by atoms with E-state index < -0.39 is 0 Å². The molecule has 3 rings (SSSR count). The van der Waals surface area contributed by atoms with E-state index in [0.29, 0.717) is 16.8 Å². The average molecular weight is 263 g/mol. The second-order valence-corrected chi connectivity index (χ2v) is 4.34. The van der Waals surface area contributed by atoms with Gasteiger partial charge in [-0.25, -0.2) is 0 Å². The highest BCUT2D eigenvalue weighted by Crippen LogP contribution is 2.24. The first-order valence-corrected chi connectivity index (χ1v) is 5.99. The summed E-state index contributed by atoms with van der Waals surface area (Å²) in [6, 6.07) is 11.7. The van der Waals surface area contributed by atoms with Gasteiger partial charge in [-0.05, 0) is 24.3 Å². The number of carbonyl (C=O) groups is 2. The molecule has 0 fully saturated rings. The maximum Gasteiger partial charge on any atom is 0.269 e. The third-order valence-corrected chi connectivity index (χ3v) is 3.10. The van der Waals surface area contributed by atoms with E-state index in [2.05, 4.69) is 9.83 Å². The van der Waals surface area contributed by atoms with E-state index in [0.717, 1.165) is 4.90 Å². The molecule has 2 aromatic rings. The molecular formula is C15H9N3O2. The lowest BCUT2D eigenvalue weighted by atomic mass is 10.1. The fraction of sp³-hybridized carbons (Fsp3) is 0.0667. The highest BCUT2D eigenvalue weighted by atomic mass is 16.2. The average Bonchev–Trinajstić information content (AvgIpc) is 2.73. The monoisotopic (exact) mass is 263 g/mol. The lowest BCUT2D eigenvalue weighted by Gasteiger charge is -2.11. The third-order valence-electron chi connectivity index (χ3n) is 3.10. The Balaban J connectivity index is 1.92. The lowest BCUT2D eigenvalue weighted by Crippen LogP contribution is -2.29. The normalized spacial score (nSPS) is 13.2. The zero-order chi connectivity index (χ0) is 14.1. The minimum atomic E-state index is -0.319. The molecule has 0 N–H and O–H groups in total. The molecule has 1 aromatic heterocycles. The van der Waals surface area contributed by atoms with Crippen LogP contribution in [0, 0.1) is 6.57 Å². The minimum Gasteiger partial charge on any atom is -0.361 e. The largest absolute Gasteiger partial charge is 0.361 e. The summed E-state index contributed by atoms with van der Waals surface area (Å²) < 4.78 is 0. The zero-order valence-electron chi connectivity index (χ0n) is 10.4. The van der Waals surface area contributed by atoms with Crippen LogP contribution in [0.4, 0.5) is 5.82 Å². The number of fused-ring (bicyclic) bond motifs is 1. The lowest BCUT2D eigenvalue weighted by molar-refractivity contribution is 0.0640. The van der Waals surface area contributed by atoms with Crippen molar-refractivity contribution in [1.82, 2.24) is 9.88 Å². The van der Waals surface area contributed by atoms with Gasteiger partial charge in [-0.2, -0.15) is 0 Å². The quantitative estimate of drug-likeness (QED) is 0.617. The van der Waals surface area contributed by atoms with E-state index >= 15 is 0 Å². The van der Waals surface area contributed by atoms with E-state index in [-0.39, 0.29) is 24.2 Å². The first-order valence-electron chi connectivity index (χ1n) is 5.99. The fourth-order valence-corrected chi connectivity index (χ4v) is 2.16. The van der Waals surface area contributed by atoms with Crippen molar-refractivity contribution in [3.8, 4) is 0 Å². The van der Waals surface area contributed by atoms with Crippen molar-refractivity contribution < 1.29 is 9.59 Å². The molecule has 2 amide bonds. The van der Waals surface area contributed by atoms with Crippen LogP contribution in [-0.2, 0) is 6.54 Å². The Morgan fingerprint density at radius 1 is 1.00 bits per heavy atom. The standard InChI is InChI=1S/C15H9N3O2/c1-16-13-8-4-5-10(17-13)9-18-14(19)11-6-2-3-7-12(11)15(18)20/h2-8H,9H2. The summed E-state index contributed by atoms with van der Waals surface area (Å²) in [7, 11) is 0. The van der Waals surface area contributed by atoms with Gasteiger partial charge in [0.1, 0.15) is 0 Å². The molecule has 5 heteroatoms. The van der Waals surface area contributed by atoms with Crippen molar-refractivity contribution in [3.05, 3.63) is 70.7 Å². The number of rotatable bonds is 2. The maximum atomic E-state index is 12.2. The summed E-state index contributed by atoms with van der Waals surface area (Å²) in [4.78, 5) is 32.8. The number of carbonyl (C=O) groups excluding carboxylic acids is 2. The molecule has 1 aliphatic heterocycles. The van der Waals surface area contributed by atoms with Gasteiger partial charge in [-0.1, -0.05) is 24.8 Å². The van der Waals surface area contributed by atoms with Gasteiger partial charge in [-0.15, -0.1) is 4.98 Å². The minimum absolute atomic E-state index is 0.0791. The number of nitrogens with zero attached hydrogens (tertiary/aromatic N) is 3. The first kappa shape index (κ1) is 12.1. The van der Waals surface area contributed by atoms with Crippen LogP contribution in [0.5, 0.6) is 0 Å². The predicted molar refractivity (Wildman–Crippen MR) is 71.1 cm³/mol. The highest BCUT2D eigenvalue weighted by molar-refractivity contribution is 6.21. The molecule has 0 radical (unpaired) electrons. The van der Waals surface area contributed by atoms with Gasteiger partial charge in [0.25, 0.3) is 17.6 Å². The number of hydrogen-bond acceptors (Lipinski definition) is 3. The number of pyridine rings is 1. The van der Waals surface area contributed by atoms with Crippen LogP contribution in [0.2, 0.25) is 0 Å². The molecular weight excluding hydrogens is 254 g/mol. The van der Waals surface area contributed by atoms with Gasteiger partial charge in [-0.3, -0.25) is 14.5 Å². The molecule has 0 aliphatic carbocycles. The topological polar surface area (TPSA) is 54.6 Å². The number of amides is 2. The Morgan fingerprint density at radius 3 is 2.25 bits per heavy atom. The summed E-state index contributed by atoms with van der Waals surface area (Å²) in [6.07, 6.45) is 0. The molecule has 1 aliphatic rings. The Labute approximate surface area is 115 Å². The Hall–Kier alpha value is -3.00. The molecule has 0 saturated heterocycles. The molecule has 2 heterocycles. The third kappa shape index (κ3) is 1.84. The van der Waals surface area contributed by atoms with E-state index in [4.69, 9.17) is 6.57 Å². The van der Waals surface area contributed by atoms with E-state index in [1.165, 1.54) is 0 Å². The van der Waals surface area contributed by atoms with Gasteiger partial charge < -0.3 is 4.85 Å². The van der Waals surface area contributed by atoms with Gasteiger partial charge in [0.05, 0.1) is 17.7 Å². The Kier molecular flexibility index (Phi) is 2.77. The summed E-state index contributed by atoms with van der Waals surface area (Å²) >= 11 is 0. The van der Waals surface area contributed by atoms with Gasteiger partial charge in [0.2, 0.25) is 0 Å². The summed E-state index contributed by atoms with van der Waals surface area (Å²) in [6.45, 7) is 7.00. The SMILES string of the molecule is [C-]#[N+]c1cccc(CN2C(=O)c3ccccc3C2=O)n1. The van der Waals surface area contributed by atoms with Crippen LogP contribution in [0.25, 0.3) is 4.85 Å². The molecule has 0 bridgehead atoms. The smallest absolute Gasteiger partial charge is 0.269 e. The zero-order valence-corrected chi connectivity index (χ0v) is 10.4. The van der Waals surface area contributed by atoms with Crippen molar-refractivity contribution >= 4 is 17.6 Å². The highest BCUT2D eigenvalue weighted by Gasteiger charge is 2.35. The van der Waals surface area contributed by atoms with Gasteiger partial charge in [0.15, 0.2) is 5.69 Å². The van der Waals surface area contributed by atoms with E-state index in [1.807, 2.05) is 0 Å². The second-order valence-electron chi connectivity index (χ2n) is 4.34. The van der Waals surface area contributed by atoms with Crippen molar-refractivity contribution in [2.45, 2.75) is 6.54 Å². The van der Waals surface area contributed by atoms with Crippen molar-refractivity contribution in [2.75, 3.05) is 0 Å². The van der Waals surface area contributed by atoms with Crippen molar-refractivity contribution in [2.24, 2.45) is 0 Å². The van der Waals surface area contributed by atoms with Crippen LogP contribution < -0.4 is 0 Å². The van der Waals surface area contributed by atoms with E-state index in [9.17, 15) is 9.59 Å². The fourth-order valence-electron chi connectivity index (χ4n) is 2.16. The van der Waals surface area contributed by atoms with Crippen LogP contribution >= 0.6 is 0 Å². The van der Waals surface area contributed by atoms with Crippen molar-refractivity contribution in [3.63, 3.8) is 0 Å². The summed E-state index contributed by atoms with van der Waals surface area (Å²) in [5.74, 6) is -0.389. The van der Waals surface area contributed by atoms with Crippen molar-refractivity contribution in [1.29, 1.82) is 0 Å². The molecule has 5 nitrogen and oxygen atoms in total. The van der Waals surface area contributed by atoms with E-state index in [1.54, 1.807) is 42.5 Å². The van der Waals surface area contributed by atoms with Crippen LogP contribution in [0.15, 0.2) is 42.5 Å². The molecule has 0 atom stereocenters. The molecule has 96 valence electrons. The number of benzene rings is 1. The molecule has 0 spiro atoms. The van der Waals surface area contributed by atoms with Gasteiger partial charge >= 0.3 is 0 Å². The van der Waals surface area contributed by atoms with Crippen LogP contribution in [0.1, 0.15) is 26.4 Å². The summed E-state index contributed by atoms with van der Waals surface area (Å²) in [5, 5.41) is 0. The number of hydrogen-bond donors (Lipinski definition) is 0. The molecule has 0 saturated carbocycles. The Morgan fingerprint density at radius 2 is 1.65 bits per heavy atom. The van der Waals surface area contributed by atoms with Crippen LogP contribution in [0.3, 0.4) is 0 Å². The second kappa shape index (κ2) is 4.59. The summed E-state index contributed by atoms with van der Waals surface area (Å²) in [5.41, 5.74) is 1.35. The molecule has 0 unspecified atom stereocenters. The van der Waals surface area contributed by atoms with Crippen LogP contribution in [-0.4, -0.2) is 21.7 Å². The molecule has 1 aromatic carbocycles.